The van der Waals surface area contributed by atoms with Gasteiger partial charge in [-0.15, -0.1) is 0 Å². The van der Waals surface area contributed by atoms with E-state index in [1.807, 2.05) is 12.1 Å². The zero-order valence-electron chi connectivity index (χ0n) is 16.2. The second-order valence-corrected chi connectivity index (χ2v) is 10.3. The summed E-state index contributed by atoms with van der Waals surface area (Å²) in [6.07, 6.45) is 1.94. The van der Waals surface area contributed by atoms with Gasteiger partial charge in [-0.25, -0.2) is 13.4 Å². The summed E-state index contributed by atoms with van der Waals surface area (Å²) in [5.41, 5.74) is 0.741. The molecule has 2 heterocycles. The Labute approximate surface area is 183 Å². The fourth-order valence-electron chi connectivity index (χ4n) is 3.47. The molecule has 1 atom stereocenters. The number of nitrogens with one attached hydrogen (secondary N) is 1. The van der Waals surface area contributed by atoms with E-state index in [4.69, 9.17) is 16.3 Å². The third-order valence-corrected chi connectivity index (χ3v) is 8.11. The molecule has 158 valence electrons. The highest BCUT2D eigenvalue weighted by atomic mass is 35.5. The van der Waals surface area contributed by atoms with Gasteiger partial charge in [-0.1, -0.05) is 29.4 Å². The monoisotopic (exact) mass is 465 g/mol. The van der Waals surface area contributed by atoms with Gasteiger partial charge in [0.25, 0.3) is 0 Å². The summed E-state index contributed by atoms with van der Waals surface area (Å²) in [5.74, 6) is 0.329. The van der Waals surface area contributed by atoms with Crippen LogP contribution >= 0.6 is 22.9 Å². The highest BCUT2D eigenvalue weighted by molar-refractivity contribution is 7.89. The lowest BCUT2D eigenvalue weighted by atomic mass is 10.0. The van der Waals surface area contributed by atoms with Gasteiger partial charge in [0.1, 0.15) is 11.8 Å². The zero-order chi connectivity index (χ0) is 21.3. The Morgan fingerprint density at radius 1 is 1.23 bits per heavy atom. The maximum absolute atomic E-state index is 13.2. The van der Waals surface area contributed by atoms with E-state index in [-0.39, 0.29) is 10.8 Å². The molecule has 3 aromatic rings. The molecule has 0 saturated carbocycles. The first-order chi connectivity index (χ1) is 14.4. The maximum atomic E-state index is 13.2. The third-order valence-electron chi connectivity index (χ3n) is 5.00. The van der Waals surface area contributed by atoms with Crippen LogP contribution in [0.15, 0.2) is 47.4 Å². The molecule has 1 N–H and O–H groups in total. The minimum atomic E-state index is -3.82. The number of hydrogen-bond acceptors (Lipinski definition) is 6. The molecule has 0 radical (unpaired) electrons. The Balaban J connectivity index is 1.58. The number of hydrogen-bond donors (Lipinski definition) is 1. The molecule has 1 saturated heterocycles. The second kappa shape index (κ2) is 8.50. The van der Waals surface area contributed by atoms with Crippen molar-refractivity contribution in [2.24, 2.45) is 0 Å². The Kier molecular flexibility index (Phi) is 5.97. The number of benzene rings is 2. The zero-order valence-corrected chi connectivity index (χ0v) is 18.6. The van der Waals surface area contributed by atoms with E-state index < -0.39 is 16.1 Å². The Hall–Kier alpha value is -2.20. The summed E-state index contributed by atoms with van der Waals surface area (Å²) in [6.45, 7) is 0.292. The van der Waals surface area contributed by atoms with E-state index in [0.29, 0.717) is 35.3 Å². The minimum Gasteiger partial charge on any atom is -0.497 e. The fourth-order valence-corrected chi connectivity index (χ4v) is 6.15. The van der Waals surface area contributed by atoms with Gasteiger partial charge in [-0.3, -0.25) is 4.79 Å². The number of fused-ring (bicyclic) bond motifs is 1. The van der Waals surface area contributed by atoms with Gasteiger partial charge < -0.3 is 10.1 Å². The Morgan fingerprint density at radius 3 is 2.73 bits per heavy atom. The average Bonchev–Trinajstić information content (AvgIpc) is 3.15. The number of halogens is 1. The number of carbonyl (C=O) groups excluding carboxylic acids is 1. The molecule has 1 fully saturated rings. The first-order valence-electron chi connectivity index (χ1n) is 9.41. The summed E-state index contributed by atoms with van der Waals surface area (Å²) in [6, 6.07) is 10.7. The van der Waals surface area contributed by atoms with E-state index in [1.165, 1.54) is 39.9 Å². The molecule has 1 aromatic heterocycles. The summed E-state index contributed by atoms with van der Waals surface area (Å²) in [5, 5.41) is 3.68. The highest BCUT2D eigenvalue weighted by Crippen LogP contribution is 2.31. The third kappa shape index (κ3) is 4.15. The number of carbonyl (C=O) groups is 1. The molecule has 7 nitrogen and oxygen atoms in total. The number of amides is 1. The van der Waals surface area contributed by atoms with Crippen molar-refractivity contribution < 1.29 is 17.9 Å². The van der Waals surface area contributed by atoms with Gasteiger partial charge in [0.15, 0.2) is 5.13 Å². The normalized spacial score (nSPS) is 17.7. The standard InChI is InChI=1S/C20H20ClN3O4S2/c1-28-14-7-10-16-18(12-14)29-20(22-16)23-19(25)17-4-2-3-11-24(17)30(26,27)15-8-5-13(21)6-9-15/h5-10,12,17H,2-4,11H2,1H3,(H,22,23,25). The van der Waals surface area contributed by atoms with Crippen molar-refractivity contribution in [1.82, 2.24) is 9.29 Å². The van der Waals surface area contributed by atoms with Gasteiger partial charge in [-0.05, 0) is 55.3 Å². The van der Waals surface area contributed by atoms with Crippen molar-refractivity contribution in [2.75, 3.05) is 19.0 Å². The summed E-state index contributed by atoms with van der Waals surface area (Å²) < 4.78 is 33.7. The maximum Gasteiger partial charge on any atom is 0.244 e. The Bertz CT molecular complexity index is 1180. The molecule has 1 amide bonds. The molecule has 30 heavy (non-hydrogen) atoms. The summed E-state index contributed by atoms with van der Waals surface area (Å²) in [4.78, 5) is 17.6. The van der Waals surface area contributed by atoms with Crippen molar-refractivity contribution in [2.45, 2.75) is 30.2 Å². The number of sulfonamides is 1. The molecular weight excluding hydrogens is 446 g/mol. The van der Waals surface area contributed by atoms with Crippen molar-refractivity contribution >= 4 is 54.2 Å². The lowest BCUT2D eigenvalue weighted by molar-refractivity contribution is -0.120. The number of ether oxygens (including phenoxy) is 1. The molecule has 1 aliphatic heterocycles. The minimum absolute atomic E-state index is 0.124. The van der Waals surface area contributed by atoms with Crippen molar-refractivity contribution in [3.8, 4) is 5.75 Å². The second-order valence-electron chi connectivity index (χ2n) is 6.92. The molecule has 1 unspecified atom stereocenters. The van der Waals surface area contributed by atoms with Crippen LogP contribution in [0.4, 0.5) is 5.13 Å². The van der Waals surface area contributed by atoms with E-state index >= 15 is 0 Å². The van der Waals surface area contributed by atoms with Crippen LogP contribution < -0.4 is 10.1 Å². The first kappa shape index (κ1) is 21.0. The number of aromatic nitrogens is 1. The van der Waals surface area contributed by atoms with Crippen LogP contribution in [0, 0.1) is 0 Å². The number of methoxy groups -OCH3 is 1. The van der Waals surface area contributed by atoms with Crippen LogP contribution in [0.25, 0.3) is 10.2 Å². The van der Waals surface area contributed by atoms with Crippen molar-refractivity contribution in [3.05, 3.63) is 47.5 Å². The van der Waals surface area contributed by atoms with E-state index in [0.717, 1.165) is 16.6 Å². The van der Waals surface area contributed by atoms with Crippen LogP contribution in [0.3, 0.4) is 0 Å². The van der Waals surface area contributed by atoms with Gasteiger partial charge in [-0.2, -0.15) is 4.31 Å². The lowest BCUT2D eigenvalue weighted by Crippen LogP contribution is -2.49. The molecule has 0 aliphatic carbocycles. The van der Waals surface area contributed by atoms with E-state index in [9.17, 15) is 13.2 Å². The summed E-state index contributed by atoms with van der Waals surface area (Å²) in [7, 11) is -2.23. The molecular formula is C20H20ClN3O4S2. The lowest BCUT2D eigenvalue weighted by Gasteiger charge is -2.33. The predicted octanol–water partition coefficient (Wildman–Crippen LogP) is 4.14. The van der Waals surface area contributed by atoms with Gasteiger partial charge in [0.2, 0.25) is 15.9 Å². The number of rotatable bonds is 5. The number of piperidine rings is 1. The average molecular weight is 466 g/mol. The predicted molar refractivity (Wildman–Crippen MR) is 118 cm³/mol. The van der Waals surface area contributed by atoms with Crippen molar-refractivity contribution in [3.63, 3.8) is 0 Å². The molecule has 0 spiro atoms. The van der Waals surface area contributed by atoms with Crippen LogP contribution in [-0.4, -0.2) is 43.3 Å². The van der Waals surface area contributed by atoms with Gasteiger partial charge >= 0.3 is 0 Å². The Morgan fingerprint density at radius 2 is 2.00 bits per heavy atom. The van der Waals surface area contributed by atoms with Crippen LogP contribution in [0.5, 0.6) is 5.75 Å². The van der Waals surface area contributed by atoms with Crippen LogP contribution in [-0.2, 0) is 14.8 Å². The van der Waals surface area contributed by atoms with E-state index in [2.05, 4.69) is 10.3 Å². The van der Waals surface area contributed by atoms with Gasteiger partial charge in [0, 0.05) is 11.6 Å². The molecule has 0 bridgehead atoms. The highest BCUT2D eigenvalue weighted by Gasteiger charge is 2.37. The molecule has 1 aliphatic rings. The molecule has 4 rings (SSSR count). The smallest absolute Gasteiger partial charge is 0.244 e. The number of thiazole rings is 1. The van der Waals surface area contributed by atoms with Crippen molar-refractivity contribution in [1.29, 1.82) is 0 Å². The van der Waals surface area contributed by atoms with Crippen LogP contribution in [0.1, 0.15) is 19.3 Å². The largest absolute Gasteiger partial charge is 0.497 e. The molecule has 10 heteroatoms. The van der Waals surface area contributed by atoms with Crippen LogP contribution in [0.2, 0.25) is 5.02 Å². The summed E-state index contributed by atoms with van der Waals surface area (Å²) >= 11 is 7.20. The van der Waals surface area contributed by atoms with E-state index in [1.54, 1.807) is 13.2 Å². The molecule has 2 aromatic carbocycles. The van der Waals surface area contributed by atoms with Gasteiger partial charge in [0.05, 0.1) is 22.2 Å². The first-order valence-corrected chi connectivity index (χ1v) is 12.0. The fraction of sp³-hybridized carbons (Fsp3) is 0.300. The SMILES string of the molecule is COc1ccc2nc(NC(=O)C3CCCCN3S(=O)(=O)c3ccc(Cl)cc3)sc2c1. The number of nitrogens with zero attached hydrogens (tertiary/aromatic N) is 2. The quantitative estimate of drug-likeness (QED) is 0.611. The topological polar surface area (TPSA) is 88.6 Å². The number of anilines is 1.